The van der Waals surface area contributed by atoms with Gasteiger partial charge in [0.05, 0.1) is 23.4 Å². The molecule has 1 unspecified atom stereocenters. The van der Waals surface area contributed by atoms with Crippen molar-refractivity contribution in [3.63, 3.8) is 0 Å². The highest BCUT2D eigenvalue weighted by atomic mass is 16.5. The molecule has 2 heterocycles. The summed E-state index contributed by atoms with van der Waals surface area (Å²) in [5.74, 6) is 0.0460. The highest BCUT2D eigenvalue weighted by Crippen LogP contribution is 2.23. The third-order valence-corrected chi connectivity index (χ3v) is 3.55. The van der Waals surface area contributed by atoms with Gasteiger partial charge in [0.1, 0.15) is 0 Å². The summed E-state index contributed by atoms with van der Waals surface area (Å²) in [6.07, 6.45) is 1.81. The molecule has 0 radical (unpaired) electrons. The Morgan fingerprint density at radius 2 is 2.30 bits per heavy atom. The lowest BCUT2D eigenvalue weighted by atomic mass is 10.0. The number of benzene rings is 1. The largest absolute Gasteiger partial charge is 0.369 e. The lowest BCUT2D eigenvalue weighted by Crippen LogP contribution is -2.53. The van der Waals surface area contributed by atoms with Gasteiger partial charge >= 0.3 is 0 Å². The highest BCUT2D eigenvalue weighted by Gasteiger charge is 2.34. The minimum Gasteiger partial charge on any atom is -0.369 e. The molecule has 1 N–H and O–H groups in total. The van der Waals surface area contributed by atoms with E-state index in [0.717, 1.165) is 10.9 Å². The number of hydrogen-bond donors (Lipinski definition) is 1. The minimum atomic E-state index is -0.300. The fraction of sp³-hybridized carbons (Fsp3) is 0.467. The zero-order valence-electron chi connectivity index (χ0n) is 12.0. The zero-order valence-corrected chi connectivity index (χ0v) is 12.0. The molecule has 1 fully saturated rings. The first kappa shape index (κ1) is 13.1. The van der Waals surface area contributed by atoms with Crippen LogP contribution in [0.2, 0.25) is 0 Å². The molecule has 5 nitrogen and oxygen atoms in total. The number of amides is 1. The average Bonchev–Trinajstić information content (AvgIpc) is 2.82. The van der Waals surface area contributed by atoms with Gasteiger partial charge in [-0.15, -0.1) is 0 Å². The van der Waals surface area contributed by atoms with Crippen LogP contribution in [0.1, 0.15) is 31.1 Å². The number of fused-ring (bicyclic) bond motifs is 1. The molecular formula is C15H19N3O2. The Kier molecular flexibility index (Phi) is 3.01. The quantitative estimate of drug-likeness (QED) is 0.866. The maximum atomic E-state index is 12.6. The van der Waals surface area contributed by atoms with Crippen LogP contribution in [-0.4, -0.2) is 45.8 Å². The minimum absolute atomic E-state index is 0.0460. The van der Waals surface area contributed by atoms with Gasteiger partial charge in [-0.2, -0.15) is 5.10 Å². The molecule has 0 aliphatic carbocycles. The van der Waals surface area contributed by atoms with E-state index < -0.39 is 0 Å². The number of carbonyl (C=O) groups is 1. The summed E-state index contributed by atoms with van der Waals surface area (Å²) in [6.45, 7) is 7.27. The standard InChI is InChI=1S/C15H19N3O2/c1-10-8-18(9-15(2,3)20-10)14(19)11-4-5-12-7-16-17-13(12)6-11/h4-7,10H,8-9H2,1-3H3,(H,16,17). The van der Waals surface area contributed by atoms with Gasteiger partial charge in [-0.1, -0.05) is 6.07 Å². The van der Waals surface area contributed by atoms with Gasteiger partial charge in [-0.25, -0.2) is 0 Å². The molecule has 0 saturated carbocycles. The van der Waals surface area contributed by atoms with E-state index in [1.165, 1.54) is 0 Å². The van der Waals surface area contributed by atoms with Gasteiger partial charge in [0.25, 0.3) is 5.91 Å². The summed E-state index contributed by atoms with van der Waals surface area (Å²) in [5.41, 5.74) is 1.27. The number of ether oxygens (including phenoxy) is 1. The number of morpholine rings is 1. The predicted molar refractivity (Wildman–Crippen MR) is 76.6 cm³/mol. The van der Waals surface area contributed by atoms with Gasteiger partial charge in [-0.3, -0.25) is 9.89 Å². The molecule has 1 atom stereocenters. The third-order valence-electron chi connectivity index (χ3n) is 3.55. The van der Waals surface area contributed by atoms with Crippen molar-refractivity contribution < 1.29 is 9.53 Å². The Morgan fingerprint density at radius 3 is 3.05 bits per heavy atom. The molecular weight excluding hydrogens is 254 g/mol. The van der Waals surface area contributed by atoms with Crippen LogP contribution < -0.4 is 0 Å². The Bertz CT molecular complexity index is 647. The van der Waals surface area contributed by atoms with E-state index in [-0.39, 0.29) is 17.6 Å². The van der Waals surface area contributed by atoms with E-state index in [4.69, 9.17) is 4.74 Å². The van der Waals surface area contributed by atoms with Gasteiger partial charge in [0.15, 0.2) is 0 Å². The maximum Gasteiger partial charge on any atom is 0.254 e. The molecule has 106 valence electrons. The second kappa shape index (κ2) is 4.59. The Balaban J connectivity index is 1.87. The molecule has 0 bridgehead atoms. The Labute approximate surface area is 117 Å². The summed E-state index contributed by atoms with van der Waals surface area (Å²) < 4.78 is 5.84. The number of carbonyl (C=O) groups excluding carboxylic acids is 1. The predicted octanol–water partition coefficient (Wildman–Crippen LogP) is 2.20. The first-order valence-electron chi connectivity index (χ1n) is 6.85. The average molecular weight is 273 g/mol. The molecule has 5 heteroatoms. The smallest absolute Gasteiger partial charge is 0.254 e. The summed E-state index contributed by atoms with van der Waals surface area (Å²) in [6, 6.07) is 5.63. The van der Waals surface area contributed by atoms with Crippen molar-refractivity contribution in [3.05, 3.63) is 30.0 Å². The van der Waals surface area contributed by atoms with E-state index in [0.29, 0.717) is 18.7 Å². The van der Waals surface area contributed by atoms with E-state index in [1.807, 2.05) is 43.9 Å². The molecule has 1 aliphatic rings. The highest BCUT2D eigenvalue weighted by molar-refractivity contribution is 5.97. The van der Waals surface area contributed by atoms with Crippen molar-refractivity contribution in [2.45, 2.75) is 32.5 Å². The van der Waals surface area contributed by atoms with Crippen LogP contribution in [0.25, 0.3) is 10.9 Å². The molecule has 1 amide bonds. The summed E-state index contributed by atoms with van der Waals surface area (Å²) in [7, 11) is 0. The van der Waals surface area contributed by atoms with Crippen LogP contribution in [-0.2, 0) is 4.74 Å². The van der Waals surface area contributed by atoms with Crippen molar-refractivity contribution in [1.29, 1.82) is 0 Å². The van der Waals surface area contributed by atoms with E-state index >= 15 is 0 Å². The Hall–Kier alpha value is -1.88. The van der Waals surface area contributed by atoms with Crippen molar-refractivity contribution >= 4 is 16.8 Å². The van der Waals surface area contributed by atoms with Crippen LogP contribution in [0.3, 0.4) is 0 Å². The van der Waals surface area contributed by atoms with Gasteiger partial charge in [0.2, 0.25) is 0 Å². The van der Waals surface area contributed by atoms with Crippen LogP contribution in [0.5, 0.6) is 0 Å². The van der Waals surface area contributed by atoms with Crippen LogP contribution in [0, 0.1) is 0 Å². The van der Waals surface area contributed by atoms with Crippen LogP contribution in [0.15, 0.2) is 24.4 Å². The fourth-order valence-corrected chi connectivity index (χ4v) is 2.86. The summed E-state index contributed by atoms with van der Waals surface area (Å²) >= 11 is 0. The number of aromatic amines is 1. The fourth-order valence-electron chi connectivity index (χ4n) is 2.86. The maximum absolute atomic E-state index is 12.6. The van der Waals surface area contributed by atoms with E-state index in [9.17, 15) is 4.79 Å². The molecule has 20 heavy (non-hydrogen) atoms. The zero-order chi connectivity index (χ0) is 14.3. The summed E-state index contributed by atoms with van der Waals surface area (Å²) in [4.78, 5) is 14.5. The van der Waals surface area contributed by atoms with Gasteiger partial charge in [0, 0.05) is 24.0 Å². The molecule has 1 saturated heterocycles. The molecule has 2 aromatic rings. The number of rotatable bonds is 1. The molecule has 3 rings (SSSR count). The second-order valence-corrected chi connectivity index (χ2v) is 6.05. The van der Waals surface area contributed by atoms with Crippen molar-refractivity contribution in [3.8, 4) is 0 Å². The van der Waals surface area contributed by atoms with Crippen molar-refractivity contribution in [2.24, 2.45) is 0 Å². The number of aromatic nitrogens is 2. The van der Waals surface area contributed by atoms with Crippen LogP contribution >= 0.6 is 0 Å². The number of nitrogens with one attached hydrogen (secondary N) is 1. The van der Waals surface area contributed by atoms with E-state index in [1.54, 1.807) is 6.20 Å². The lowest BCUT2D eigenvalue weighted by molar-refractivity contribution is -0.118. The topological polar surface area (TPSA) is 58.2 Å². The summed E-state index contributed by atoms with van der Waals surface area (Å²) in [5, 5.41) is 7.89. The number of hydrogen-bond acceptors (Lipinski definition) is 3. The number of nitrogens with zero attached hydrogens (tertiary/aromatic N) is 2. The third kappa shape index (κ3) is 2.41. The van der Waals surface area contributed by atoms with Gasteiger partial charge in [-0.05, 0) is 32.9 Å². The monoisotopic (exact) mass is 273 g/mol. The molecule has 1 aromatic carbocycles. The normalized spacial score (nSPS) is 22.1. The Morgan fingerprint density at radius 1 is 1.50 bits per heavy atom. The lowest BCUT2D eigenvalue weighted by Gasteiger charge is -2.41. The molecule has 0 spiro atoms. The second-order valence-electron chi connectivity index (χ2n) is 6.05. The van der Waals surface area contributed by atoms with Crippen LogP contribution in [0.4, 0.5) is 0 Å². The molecule has 1 aliphatic heterocycles. The van der Waals surface area contributed by atoms with E-state index in [2.05, 4.69) is 10.2 Å². The van der Waals surface area contributed by atoms with Gasteiger partial charge < -0.3 is 9.64 Å². The number of H-pyrrole nitrogens is 1. The van der Waals surface area contributed by atoms with Crippen molar-refractivity contribution in [1.82, 2.24) is 15.1 Å². The molecule has 1 aromatic heterocycles. The SMILES string of the molecule is CC1CN(C(=O)c2ccc3cn[nH]c3c2)CC(C)(C)O1. The first-order chi connectivity index (χ1) is 9.44. The van der Waals surface area contributed by atoms with Crippen molar-refractivity contribution in [2.75, 3.05) is 13.1 Å². The first-order valence-corrected chi connectivity index (χ1v) is 6.85.